The Balaban J connectivity index is 1.34. The van der Waals surface area contributed by atoms with Crippen molar-refractivity contribution in [2.45, 2.75) is 114 Å². The van der Waals surface area contributed by atoms with Gasteiger partial charge in [-0.05, 0) is 99.9 Å². The molecule has 5 heteroatoms. The van der Waals surface area contributed by atoms with Gasteiger partial charge < -0.3 is 5.32 Å². The summed E-state index contributed by atoms with van der Waals surface area (Å²) in [4.78, 5) is 14.0. The van der Waals surface area contributed by atoms with E-state index >= 15 is 0 Å². The molecule has 1 unspecified atom stereocenters. The second-order valence-corrected chi connectivity index (χ2v) is 13.2. The first kappa shape index (κ1) is 25.5. The van der Waals surface area contributed by atoms with E-state index in [2.05, 4.69) is 23.2 Å². The van der Waals surface area contributed by atoms with Crippen LogP contribution in [-0.4, -0.2) is 21.7 Å². The SMILES string of the molecule is C=C/C(Cl)=C(\C=C)CC1CCCCc2c(C(=O)NC3C4CC5CC(C4)CC3C5)nn(C3CCCCC3)c21. The third-order valence-corrected chi connectivity index (χ3v) is 10.9. The smallest absolute Gasteiger partial charge is 0.272 e. The molecule has 6 aliphatic rings. The van der Waals surface area contributed by atoms with Crippen molar-refractivity contribution in [3.05, 3.63) is 52.9 Å². The summed E-state index contributed by atoms with van der Waals surface area (Å²) in [6, 6.07) is 0.746. The summed E-state index contributed by atoms with van der Waals surface area (Å²) in [5.41, 5.74) is 4.30. The molecule has 4 bridgehead atoms. The average molecular weight is 522 g/mol. The zero-order chi connectivity index (χ0) is 25.5. The van der Waals surface area contributed by atoms with Gasteiger partial charge in [0.2, 0.25) is 0 Å². The molecule has 0 aromatic carbocycles. The molecular formula is C32H44ClN3O. The van der Waals surface area contributed by atoms with Crippen LogP contribution in [0, 0.1) is 23.7 Å². The van der Waals surface area contributed by atoms with Crippen molar-refractivity contribution < 1.29 is 4.79 Å². The molecular weight excluding hydrogens is 478 g/mol. The van der Waals surface area contributed by atoms with Crippen molar-refractivity contribution in [3.8, 4) is 0 Å². The van der Waals surface area contributed by atoms with E-state index in [9.17, 15) is 4.79 Å². The fourth-order valence-electron chi connectivity index (χ4n) is 9.03. The van der Waals surface area contributed by atoms with Gasteiger partial charge in [0.1, 0.15) is 0 Å². The molecule has 0 aliphatic heterocycles. The van der Waals surface area contributed by atoms with Crippen LogP contribution in [0.3, 0.4) is 0 Å². The van der Waals surface area contributed by atoms with Crippen molar-refractivity contribution in [1.82, 2.24) is 15.1 Å². The summed E-state index contributed by atoms with van der Waals surface area (Å²) in [5, 5.41) is 9.47. The van der Waals surface area contributed by atoms with Gasteiger partial charge in [0.15, 0.2) is 5.69 Å². The lowest BCUT2D eigenvalue weighted by Gasteiger charge is -2.54. The Kier molecular flexibility index (Phi) is 7.40. The molecule has 4 nitrogen and oxygen atoms in total. The number of amides is 1. The van der Waals surface area contributed by atoms with Crippen LogP contribution in [0.4, 0.5) is 0 Å². The van der Waals surface area contributed by atoms with E-state index in [0.29, 0.717) is 34.9 Å². The Morgan fingerprint density at radius 3 is 2.27 bits per heavy atom. The van der Waals surface area contributed by atoms with Gasteiger partial charge in [0.25, 0.3) is 5.91 Å². The molecule has 1 aromatic heterocycles. The van der Waals surface area contributed by atoms with Crippen molar-refractivity contribution >= 4 is 17.5 Å². The lowest BCUT2D eigenvalue weighted by atomic mass is 9.54. The maximum atomic E-state index is 14.0. The van der Waals surface area contributed by atoms with Crippen LogP contribution in [0.15, 0.2) is 35.9 Å². The van der Waals surface area contributed by atoms with Crippen LogP contribution in [0.1, 0.15) is 124 Å². The molecule has 1 aromatic rings. The lowest BCUT2D eigenvalue weighted by Crippen LogP contribution is -2.56. The minimum absolute atomic E-state index is 0.0903. The highest BCUT2D eigenvalue weighted by atomic mass is 35.5. The number of hydrogen-bond donors (Lipinski definition) is 1. The average Bonchev–Trinajstić information content (AvgIpc) is 3.17. The van der Waals surface area contributed by atoms with Gasteiger partial charge in [-0.1, -0.05) is 62.6 Å². The highest BCUT2D eigenvalue weighted by Gasteiger charge is 2.49. The number of carbonyl (C=O) groups is 1. The maximum absolute atomic E-state index is 14.0. The molecule has 200 valence electrons. The monoisotopic (exact) mass is 521 g/mol. The zero-order valence-electron chi connectivity index (χ0n) is 22.4. The Labute approximate surface area is 228 Å². The van der Waals surface area contributed by atoms with E-state index in [1.165, 1.54) is 62.6 Å². The van der Waals surface area contributed by atoms with Gasteiger partial charge >= 0.3 is 0 Å². The summed E-state index contributed by atoms with van der Waals surface area (Å²) < 4.78 is 2.32. The first-order valence-electron chi connectivity index (χ1n) is 15.1. The van der Waals surface area contributed by atoms with Crippen LogP contribution in [0.2, 0.25) is 0 Å². The molecule has 5 fully saturated rings. The third kappa shape index (κ3) is 4.88. The van der Waals surface area contributed by atoms with Crippen LogP contribution in [0.5, 0.6) is 0 Å². The van der Waals surface area contributed by atoms with E-state index in [4.69, 9.17) is 16.7 Å². The van der Waals surface area contributed by atoms with Crippen molar-refractivity contribution in [2.24, 2.45) is 23.7 Å². The van der Waals surface area contributed by atoms with Crippen LogP contribution >= 0.6 is 11.6 Å². The third-order valence-electron chi connectivity index (χ3n) is 10.5. The van der Waals surface area contributed by atoms with Gasteiger partial charge in [-0.25, -0.2) is 0 Å². The number of hydrogen-bond acceptors (Lipinski definition) is 2. The van der Waals surface area contributed by atoms with Gasteiger partial charge in [0.05, 0.1) is 6.04 Å². The Bertz CT molecular complexity index is 1050. The Morgan fingerprint density at radius 2 is 1.62 bits per heavy atom. The molecule has 0 saturated heterocycles. The summed E-state index contributed by atoms with van der Waals surface area (Å²) >= 11 is 6.53. The topological polar surface area (TPSA) is 46.9 Å². The highest BCUT2D eigenvalue weighted by molar-refractivity contribution is 6.31. The van der Waals surface area contributed by atoms with Crippen molar-refractivity contribution in [3.63, 3.8) is 0 Å². The quantitative estimate of drug-likeness (QED) is 0.292. The minimum Gasteiger partial charge on any atom is -0.347 e. The molecule has 1 atom stereocenters. The Hall–Kier alpha value is -1.81. The van der Waals surface area contributed by atoms with Gasteiger partial charge in [0, 0.05) is 28.2 Å². The normalized spacial score (nSPS) is 33.9. The van der Waals surface area contributed by atoms with Crippen molar-refractivity contribution in [2.75, 3.05) is 0 Å². The number of carbonyl (C=O) groups excluding carboxylic acids is 1. The largest absolute Gasteiger partial charge is 0.347 e. The molecule has 1 N–H and O–H groups in total. The molecule has 1 amide bonds. The molecule has 6 aliphatic carbocycles. The molecule has 7 rings (SSSR count). The molecule has 0 spiro atoms. The van der Waals surface area contributed by atoms with Crippen LogP contribution in [0.25, 0.3) is 0 Å². The highest BCUT2D eigenvalue weighted by Crippen LogP contribution is 2.54. The second kappa shape index (κ2) is 10.8. The minimum atomic E-state index is 0.0903. The zero-order valence-corrected chi connectivity index (χ0v) is 23.2. The fraction of sp³-hybridized carbons (Fsp3) is 0.688. The van der Waals surface area contributed by atoms with E-state index in [0.717, 1.165) is 68.0 Å². The lowest BCUT2D eigenvalue weighted by molar-refractivity contribution is -0.0120. The van der Waals surface area contributed by atoms with E-state index in [-0.39, 0.29) is 5.91 Å². The second-order valence-electron chi connectivity index (χ2n) is 12.8. The predicted octanol–water partition coefficient (Wildman–Crippen LogP) is 8.01. The van der Waals surface area contributed by atoms with Gasteiger partial charge in [-0.2, -0.15) is 5.10 Å². The van der Waals surface area contributed by atoms with Crippen molar-refractivity contribution in [1.29, 1.82) is 0 Å². The number of fused-ring (bicyclic) bond motifs is 1. The van der Waals surface area contributed by atoms with E-state index in [1.54, 1.807) is 6.08 Å². The Morgan fingerprint density at radius 1 is 0.946 bits per heavy atom. The molecule has 0 radical (unpaired) electrons. The van der Waals surface area contributed by atoms with E-state index in [1.807, 2.05) is 6.08 Å². The summed E-state index contributed by atoms with van der Waals surface area (Å²) in [6.07, 6.45) is 21.6. The number of halogens is 1. The standard InChI is InChI=1S/C32H44ClN3O/c1-3-22(28(33)4-2)19-23-10-8-9-13-27-30(35-36(31(23)27)26-11-6-5-7-12-26)32(37)34-29-24-15-20-14-21(17-24)18-25(29)16-20/h3-4,20-21,23-26,29H,1-2,5-19H2,(H,34,37)/b28-22-. The summed E-state index contributed by atoms with van der Waals surface area (Å²) in [6.45, 7) is 7.93. The summed E-state index contributed by atoms with van der Waals surface area (Å²) in [5.74, 6) is 3.56. The summed E-state index contributed by atoms with van der Waals surface area (Å²) in [7, 11) is 0. The number of nitrogens with one attached hydrogen (secondary N) is 1. The number of rotatable bonds is 7. The van der Waals surface area contributed by atoms with Gasteiger partial charge in [-0.15, -0.1) is 0 Å². The number of nitrogens with zero attached hydrogens (tertiary/aromatic N) is 2. The van der Waals surface area contributed by atoms with Gasteiger partial charge in [-0.3, -0.25) is 9.48 Å². The molecule has 5 saturated carbocycles. The number of aromatic nitrogens is 2. The first-order chi connectivity index (χ1) is 18.1. The number of allylic oxidation sites excluding steroid dienone is 4. The van der Waals surface area contributed by atoms with Crippen LogP contribution in [-0.2, 0) is 6.42 Å². The van der Waals surface area contributed by atoms with E-state index < -0.39 is 0 Å². The molecule has 37 heavy (non-hydrogen) atoms. The predicted molar refractivity (Wildman–Crippen MR) is 151 cm³/mol. The maximum Gasteiger partial charge on any atom is 0.272 e. The van der Waals surface area contributed by atoms with Crippen LogP contribution < -0.4 is 5.32 Å². The first-order valence-corrected chi connectivity index (χ1v) is 15.5. The fourth-order valence-corrected chi connectivity index (χ4v) is 9.19. The molecule has 1 heterocycles.